The number of nitrogens with zero attached hydrogens (tertiary/aromatic N) is 1. The van der Waals surface area contributed by atoms with Crippen LogP contribution in [0, 0.1) is 0 Å². The SMILES string of the molecule is CCCCCCCCc1ccc(O)c(/C(=N/O)c2ccccc2)c1. The van der Waals surface area contributed by atoms with E-state index in [1.165, 1.54) is 32.1 Å². The number of aromatic hydroxyl groups is 1. The van der Waals surface area contributed by atoms with Crippen LogP contribution in [-0.2, 0) is 6.42 Å². The lowest BCUT2D eigenvalue weighted by atomic mass is 9.97. The molecular formula is C21H27NO2. The maximum Gasteiger partial charge on any atom is 0.125 e. The van der Waals surface area contributed by atoms with Gasteiger partial charge in [0.1, 0.15) is 11.5 Å². The topological polar surface area (TPSA) is 52.8 Å². The Bertz CT molecular complexity index is 650. The molecule has 0 aromatic heterocycles. The molecule has 0 aliphatic heterocycles. The van der Waals surface area contributed by atoms with E-state index in [1.807, 2.05) is 42.5 Å². The highest BCUT2D eigenvalue weighted by atomic mass is 16.4. The molecule has 0 spiro atoms. The third-order valence-corrected chi connectivity index (χ3v) is 4.28. The van der Waals surface area contributed by atoms with Crippen molar-refractivity contribution in [1.82, 2.24) is 0 Å². The number of hydrogen-bond donors (Lipinski definition) is 2. The normalized spacial score (nSPS) is 11.6. The van der Waals surface area contributed by atoms with E-state index in [0.29, 0.717) is 11.3 Å². The quantitative estimate of drug-likeness (QED) is 0.276. The summed E-state index contributed by atoms with van der Waals surface area (Å²) in [4.78, 5) is 0. The fourth-order valence-electron chi connectivity index (χ4n) is 2.90. The van der Waals surface area contributed by atoms with Gasteiger partial charge in [0.2, 0.25) is 0 Å². The Morgan fingerprint density at radius 1 is 0.917 bits per heavy atom. The first-order chi connectivity index (χ1) is 11.8. The van der Waals surface area contributed by atoms with Crippen molar-refractivity contribution in [3.63, 3.8) is 0 Å². The summed E-state index contributed by atoms with van der Waals surface area (Å²) in [7, 11) is 0. The lowest BCUT2D eigenvalue weighted by molar-refractivity contribution is 0.319. The third-order valence-electron chi connectivity index (χ3n) is 4.28. The maximum absolute atomic E-state index is 10.2. The van der Waals surface area contributed by atoms with E-state index in [-0.39, 0.29) is 5.75 Å². The van der Waals surface area contributed by atoms with Crippen molar-refractivity contribution >= 4 is 5.71 Å². The second kappa shape index (κ2) is 9.76. The summed E-state index contributed by atoms with van der Waals surface area (Å²) in [6.45, 7) is 2.23. The van der Waals surface area contributed by atoms with Crippen LogP contribution in [0.1, 0.15) is 62.1 Å². The summed E-state index contributed by atoms with van der Waals surface area (Å²) in [5, 5.41) is 23.0. The van der Waals surface area contributed by atoms with Crippen LogP contribution in [0.15, 0.2) is 53.7 Å². The first kappa shape index (κ1) is 18.1. The van der Waals surface area contributed by atoms with Gasteiger partial charge in [0.25, 0.3) is 0 Å². The molecule has 0 radical (unpaired) electrons. The Morgan fingerprint density at radius 3 is 2.33 bits per heavy atom. The van der Waals surface area contributed by atoms with E-state index in [2.05, 4.69) is 12.1 Å². The Balaban J connectivity index is 2.05. The number of phenolic OH excluding ortho intramolecular Hbond substituents is 1. The number of rotatable bonds is 9. The van der Waals surface area contributed by atoms with Crippen molar-refractivity contribution < 1.29 is 10.3 Å². The largest absolute Gasteiger partial charge is 0.507 e. The Morgan fingerprint density at radius 2 is 1.62 bits per heavy atom. The second-order valence-electron chi connectivity index (χ2n) is 6.18. The molecule has 0 amide bonds. The zero-order valence-corrected chi connectivity index (χ0v) is 14.4. The van der Waals surface area contributed by atoms with Crippen molar-refractivity contribution in [3.05, 3.63) is 65.2 Å². The Kier molecular flexibility index (Phi) is 7.34. The molecule has 0 saturated carbocycles. The summed E-state index contributed by atoms with van der Waals surface area (Å²) >= 11 is 0. The van der Waals surface area contributed by atoms with Crippen molar-refractivity contribution in [3.8, 4) is 5.75 Å². The highest BCUT2D eigenvalue weighted by Crippen LogP contribution is 2.23. The zero-order valence-electron chi connectivity index (χ0n) is 14.4. The molecule has 0 saturated heterocycles. The van der Waals surface area contributed by atoms with Crippen molar-refractivity contribution in [2.75, 3.05) is 0 Å². The number of oxime groups is 1. The van der Waals surface area contributed by atoms with Gasteiger partial charge in [-0.05, 0) is 30.5 Å². The molecular weight excluding hydrogens is 298 g/mol. The molecule has 0 heterocycles. The van der Waals surface area contributed by atoms with Crippen LogP contribution in [0.5, 0.6) is 5.75 Å². The average molecular weight is 325 g/mol. The molecule has 128 valence electrons. The summed E-state index contributed by atoms with van der Waals surface area (Å²) in [6, 6.07) is 15.0. The van der Waals surface area contributed by atoms with Crippen LogP contribution in [-0.4, -0.2) is 16.0 Å². The van der Waals surface area contributed by atoms with Crippen molar-refractivity contribution in [1.29, 1.82) is 0 Å². The highest BCUT2D eigenvalue weighted by Gasteiger charge is 2.13. The lowest BCUT2D eigenvalue weighted by Gasteiger charge is -2.10. The van der Waals surface area contributed by atoms with Crippen molar-refractivity contribution in [2.45, 2.75) is 51.9 Å². The first-order valence-corrected chi connectivity index (χ1v) is 8.86. The molecule has 2 N–H and O–H groups in total. The van der Waals surface area contributed by atoms with Gasteiger partial charge in [0, 0.05) is 11.1 Å². The summed E-state index contributed by atoms with van der Waals surface area (Å²) < 4.78 is 0. The molecule has 0 unspecified atom stereocenters. The molecule has 0 aliphatic rings. The highest BCUT2D eigenvalue weighted by molar-refractivity contribution is 6.14. The van der Waals surface area contributed by atoms with Crippen LogP contribution in [0.25, 0.3) is 0 Å². The predicted molar refractivity (Wildman–Crippen MR) is 99.1 cm³/mol. The number of unbranched alkanes of at least 4 members (excludes halogenated alkanes) is 5. The number of hydrogen-bond acceptors (Lipinski definition) is 3. The van der Waals surface area contributed by atoms with Crippen molar-refractivity contribution in [2.24, 2.45) is 5.16 Å². The number of aryl methyl sites for hydroxylation is 1. The average Bonchev–Trinajstić information content (AvgIpc) is 2.62. The Hall–Kier alpha value is -2.29. The van der Waals surface area contributed by atoms with Crippen LogP contribution >= 0.6 is 0 Å². The lowest BCUT2D eigenvalue weighted by Crippen LogP contribution is -2.04. The van der Waals surface area contributed by atoms with Gasteiger partial charge in [-0.3, -0.25) is 0 Å². The summed E-state index contributed by atoms with van der Waals surface area (Å²) in [5.41, 5.74) is 2.92. The minimum atomic E-state index is 0.137. The van der Waals surface area contributed by atoms with Gasteiger partial charge >= 0.3 is 0 Å². The van der Waals surface area contributed by atoms with Gasteiger partial charge in [-0.25, -0.2) is 0 Å². The van der Waals surface area contributed by atoms with Gasteiger partial charge in [0.05, 0.1) is 0 Å². The van der Waals surface area contributed by atoms with E-state index in [0.717, 1.165) is 24.0 Å². The molecule has 0 bridgehead atoms. The zero-order chi connectivity index (χ0) is 17.2. The summed E-state index contributed by atoms with van der Waals surface area (Å²) in [5.74, 6) is 0.137. The third kappa shape index (κ3) is 5.12. The summed E-state index contributed by atoms with van der Waals surface area (Å²) in [6.07, 6.45) is 8.53. The molecule has 3 nitrogen and oxygen atoms in total. The van der Waals surface area contributed by atoms with Crippen LogP contribution in [0.4, 0.5) is 0 Å². The second-order valence-corrected chi connectivity index (χ2v) is 6.18. The fraction of sp³-hybridized carbons (Fsp3) is 0.381. The standard InChI is InChI=1S/C21H27NO2/c1-2-3-4-5-6-8-11-17-14-15-20(23)19(16-17)21(22-24)18-12-9-7-10-13-18/h7,9-10,12-16,23-24H,2-6,8,11H2,1H3/b22-21+. The van der Waals surface area contributed by atoms with Crippen LogP contribution in [0.3, 0.4) is 0 Å². The molecule has 3 heteroatoms. The Labute approximate surface area is 144 Å². The maximum atomic E-state index is 10.2. The van der Waals surface area contributed by atoms with E-state index in [9.17, 15) is 10.3 Å². The molecule has 0 atom stereocenters. The van der Waals surface area contributed by atoms with E-state index >= 15 is 0 Å². The molecule has 24 heavy (non-hydrogen) atoms. The van der Waals surface area contributed by atoms with E-state index in [4.69, 9.17) is 0 Å². The number of benzene rings is 2. The van der Waals surface area contributed by atoms with Crippen LogP contribution in [0.2, 0.25) is 0 Å². The van der Waals surface area contributed by atoms with E-state index < -0.39 is 0 Å². The van der Waals surface area contributed by atoms with Gasteiger partial charge in [-0.2, -0.15) is 0 Å². The molecule has 2 rings (SSSR count). The van der Waals surface area contributed by atoms with Gasteiger partial charge in [0.15, 0.2) is 0 Å². The minimum absolute atomic E-state index is 0.137. The number of phenols is 1. The molecule has 0 aliphatic carbocycles. The predicted octanol–water partition coefficient (Wildman–Crippen LogP) is 5.52. The van der Waals surface area contributed by atoms with Gasteiger partial charge < -0.3 is 10.3 Å². The smallest absolute Gasteiger partial charge is 0.125 e. The molecule has 2 aromatic rings. The molecule has 2 aromatic carbocycles. The monoisotopic (exact) mass is 325 g/mol. The minimum Gasteiger partial charge on any atom is -0.507 e. The van der Waals surface area contributed by atoms with Crippen LogP contribution < -0.4 is 0 Å². The first-order valence-electron chi connectivity index (χ1n) is 8.86. The fourth-order valence-corrected chi connectivity index (χ4v) is 2.90. The van der Waals surface area contributed by atoms with Gasteiger partial charge in [-0.1, -0.05) is 80.6 Å². The van der Waals surface area contributed by atoms with E-state index in [1.54, 1.807) is 6.07 Å². The van der Waals surface area contributed by atoms with Gasteiger partial charge in [-0.15, -0.1) is 0 Å². The molecule has 0 fully saturated rings.